The van der Waals surface area contributed by atoms with E-state index in [0.29, 0.717) is 5.02 Å². The van der Waals surface area contributed by atoms with Crippen LogP contribution >= 0.6 is 11.6 Å². The third-order valence-corrected chi connectivity index (χ3v) is 3.39. The molecule has 0 unspecified atom stereocenters. The van der Waals surface area contributed by atoms with Gasteiger partial charge < -0.3 is 5.32 Å². The summed E-state index contributed by atoms with van der Waals surface area (Å²) in [6.07, 6.45) is 1.44. The number of carbonyl (C=O) groups is 1. The van der Waals surface area contributed by atoms with Gasteiger partial charge in [0.1, 0.15) is 0 Å². The number of nitrogens with one attached hydrogen (secondary N) is 1. The molecule has 0 aromatic carbocycles. The molecule has 0 radical (unpaired) electrons. The first-order valence-electron chi connectivity index (χ1n) is 5.77. The molecule has 1 aliphatic carbocycles. The predicted octanol–water partition coefficient (Wildman–Crippen LogP) is 3.50. The van der Waals surface area contributed by atoms with E-state index in [1.165, 1.54) is 6.20 Å². The Morgan fingerprint density at radius 1 is 1.44 bits per heavy atom. The largest absolute Gasteiger partial charge is 0.309 e. The number of alkyl halides is 2. The highest BCUT2D eigenvalue weighted by atomic mass is 35.5. The Morgan fingerprint density at radius 3 is 2.72 bits per heavy atom. The summed E-state index contributed by atoms with van der Waals surface area (Å²) in [7, 11) is 0. The fourth-order valence-electron chi connectivity index (χ4n) is 2.00. The van der Waals surface area contributed by atoms with Gasteiger partial charge in [0.05, 0.1) is 5.02 Å². The molecule has 2 rings (SSSR count). The number of anilines is 1. The van der Waals surface area contributed by atoms with Gasteiger partial charge in [0.15, 0.2) is 5.82 Å². The van der Waals surface area contributed by atoms with Crippen LogP contribution in [0.5, 0.6) is 0 Å². The summed E-state index contributed by atoms with van der Waals surface area (Å²) in [5.41, 5.74) is 0. The Labute approximate surface area is 109 Å². The van der Waals surface area contributed by atoms with Gasteiger partial charge in [0.2, 0.25) is 11.8 Å². The van der Waals surface area contributed by atoms with E-state index in [2.05, 4.69) is 10.3 Å². The topological polar surface area (TPSA) is 42.0 Å². The molecule has 1 aromatic heterocycles. The van der Waals surface area contributed by atoms with E-state index in [4.69, 9.17) is 11.6 Å². The van der Waals surface area contributed by atoms with Gasteiger partial charge in [-0.2, -0.15) is 0 Å². The van der Waals surface area contributed by atoms with Gasteiger partial charge >= 0.3 is 0 Å². The van der Waals surface area contributed by atoms with Gasteiger partial charge in [-0.05, 0) is 25.0 Å². The lowest BCUT2D eigenvalue weighted by Gasteiger charge is -2.27. The molecule has 1 aliphatic rings. The first-order valence-corrected chi connectivity index (χ1v) is 6.15. The second kappa shape index (κ2) is 5.18. The second-order valence-corrected chi connectivity index (χ2v) is 4.86. The standard InChI is InChI=1S/C12H13ClF2N2O/c13-9-2-1-7-16-10(9)17-11(18)8-3-5-12(14,15)6-4-8/h1-2,7-8H,3-6H2,(H,16,17,18). The molecule has 1 heterocycles. The zero-order valence-corrected chi connectivity index (χ0v) is 10.4. The molecule has 1 saturated carbocycles. The molecule has 0 bridgehead atoms. The summed E-state index contributed by atoms with van der Waals surface area (Å²) >= 11 is 5.86. The summed E-state index contributed by atoms with van der Waals surface area (Å²) in [6.45, 7) is 0. The SMILES string of the molecule is O=C(Nc1ncccc1Cl)C1CCC(F)(F)CC1. The molecule has 1 aromatic rings. The minimum atomic E-state index is -2.63. The number of nitrogens with zero attached hydrogens (tertiary/aromatic N) is 1. The summed E-state index contributed by atoms with van der Waals surface area (Å²) in [5, 5.41) is 2.92. The summed E-state index contributed by atoms with van der Waals surface area (Å²) in [6, 6.07) is 3.26. The lowest BCUT2D eigenvalue weighted by atomic mass is 9.86. The number of aromatic nitrogens is 1. The summed E-state index contributed by atoms with van der Waals surface area (Å²) in [4.78, 5) is 15.8. The van der Waals surface area contributed by atoms with Crippen LogP contribution in [-0.4, -0.2) is 16.8 Å². The Bertz CT molecular complexity index is 443. The highest BCUT2D eigenvalue weighted by Gasteiger charge is 2.37. The molecule has 0 aliphatic heterocycles. The van der Waals surface area contributed by atoms with Gasteiger partial charge in [-0.15, -0.1) is 0 Å². The van der Waals surface area contributed by atoms with Crippen molar-refractivity contribution in [3.63, 3.8) is 0 Å². The predicted molar refractivity (Wildman–Crippen MR) is 64.8 cm³/mol. The second-order valence-electron chi connectivity index (χ2n) is 4.45. The van der Waals surface area contributed by atoms with Crippen LogP contribution in [0.2, 0.25) is 5.02 Å². The van der Waals surface area contributed by atoms with Crippen molar-refractivity contribution >= 4 is 23.3 Å². The van der Waals surface area contributed by atoms with E-state index >= 15 is 0 Å². The van der Waals surface area contributed by atoms with Crippen molar-refractivity contribution in [3.05, 3.63) is 23.4 Å². The van der Waals surface area contributed by atoms with E-state index in [9.17, 15) is 13.6 Å². The number of pyridine rings is 1. The third-order valence-electron chi connectivity index (χ3n) is 3.09. The lowest BCUT2D eigenvalue weighted by Crippen LogP contribution is -2.32. The van der Waals surface area contributed by atoms with Crippen molar-refractivity contribution in [2.24, 2.45) is 5.92 Å². The maximum Gasteiger partial charge on any atom is 0.248 e. The molecule has 98 valence electrons. The average Bonchev–Trinajstić information content (AvgIpc) is 2.32. The number of amides is 1. The molecule has 6 heteroatoms. The fourth-order valence-corrected chi connectivity index (χ4v) is 2.17. The lowest BCUT2D eigenvalue weighted by molar-refractivity contribution is -0.124. The quantitative estimate of drug-likeness (QED) is 0.897. The number of carbonyl (C=O) groups excluding carboxylic acids is 1. The molecule has 1 fully saturated rings. The first-order chi connectivity index (χ1) is 8.48. The number of hydrogen-bond donors (Lipinski definition) is 1. The van der Waals surface area contributed by atoms with Crippen LogP contribution in [0, 0.1) is 5.92 Å². The Morgan fingerprint density at radius 2 is 2.11 bits per heavy atom. The average molecular weight is 275 g/mol. The summed E-state index contributed by atoms with van der Waals surface area (Å²) in [5.74, 6) is -3.02. The number of halogens is 3. The molecular formula is C12H13ClF2N2O. The van der Waals surface area contributed by atoms with E-state index in [-0.39, 0.29) is 43.3 Å². The Kier molecular flexibility index (Phi) is 3.80. The van der Waals surface area contributed by atoms with Gasteiger partial charge in [-0.3, -0.25) is 4.79 Å². The van der Waals surface area contributed by atoms with Crippen molar-refractivity contribution in [2.75, 3.05) is 5.32 Å². The molecule has 18 heavy (non-hydrogen) atoms. The monoisotopic (exact) mass is 274 g/mol. The smallest absolute Gasteiger partial charge is 0.248 e. The van der Waals surface area contributed by atoms with Crippen LogP contribution < -0.4 is 5.32 Å². The molecule has 0 spiro atoms. The minimum absolute atomic E-state index is 0.198. The molecule has 1 N–H and O–H groups in total. The van der Waals surface area contributed by atoms with Crippen LogP contribution in [0.4, 0.5) is 14.6 Å². The first kappa shape index (κ1) is 13.2. The van der Waals surface area contributed by atoms with Crippen molar-refractivity contribution in [1.29, 1.82) is 0 Å². The van der Waals surface area contributed by atoms with Gasteiger partial charge in [-0.25, -0.2) is 13.8 Å². The Hall–Kier alpha value is -1.23. The van der Waals surface area contributed by atoms with Gasteiger partial charge in [0, 0.05) is 25.0 Å². The van der Waals surface area contributed by atoms with Crippen LogP contribution in [0.15, 0.2) is 18.3 Å². The van der Waals surface area contributed by atoms with E-state index in [1.807, 2.05) is 0 Å². The van der Waals surface area contributed by atoms with Crippen molar-refractivity contribution in [1.82, 2.24) is 4.98 Å². The van der Waals surface area contributed by atoms with E-state index < -0.39 is 5.92 Å². The van der Waals surface area contributed by atoms with Crippen LogP contribution in [0.3, 0.4) is 0 Å². The maximum atomic E-state index is 13.0. The summed E-state index contributed by atoms with van der Waals surface area (Å²) < 4.78 is 25.9. The highest BCUT2D eigenvalue weighted by Crippen LogP contribution is 2.36. The van der Waals surface area contributed by atoms with Crippen molar-refractivity contribution in [3.8, 4) is 0 Å². The zero-order valence-electron chi connectivity index (χ0n) is 9.63. The third kappa shape index (κ3) is 3.16. The van der Waals surface area contributed by atoms with E-state index in [1.54, 1.807) is 12.1 Å². The fraction of sp³-hybridized carbons (Fsp3) is 0.500. The minimum Gasteiger partial charge on any atom is -0.309 e. The zero-order chi connectivity index (χ0) is 13.2. The van der Waals surface area contributed by atoms with Crippen LogP contribution in [0.25, 0.3) is 0 Å². The van der Waals surface area contributed by atoms with Gasteiger partial charge in [-0.1, -0.05) is 11.6 Å². The molecule has 0 saturated heterocycles. The number of rotatable bonds is 2. The maximum absolute atomic E-state index is 13.0. The van der Waals surface area contributed by atoms with Crippen molar-refractivity contribution < 1.29 is 13.6 Å². The van der Waals surface area contributed by atoms with Crippen molar-refractivity contribution in [2.45, 2.75) is 31.6 Å². The molecule has 0 atom stereocenters. The highest BCUT2D eigenvalue weighted by molar-refractivity contribution is 6.33. The van der Waals surface area contributed by atoms with Crippen LogP contribution in [0.1, 0.15) is 25.7 Å². The molecule has 3 nitrogen and oxygen atoms in total. The van der Waals surface area contributed by atoms with Gasteiger partial charge in [0.25, 0.3) is 0 Å². The van der Waals surface area contributed by atoms with Crippen LogP contribution in [-0.2, 0) is 4.79 Å². The normalized spacial score (nSPS) is 19.5. The molecule has 1 amide bonds. The number of hydrogen-bond acceptors (Lipinski definition) is 2. The van der Waals surface area contributed by atoms with E-state index in [0.717, 1.165) is 0 Å². The molecular weight excluding hydrogens is 262 g/mol. The Balaban J connectivity index is 1.95.